The second kappa shape index (κ2) is 10.3. The van der Waals surface area contributed by atoms with E-state index in [4.69, 9.17) is 8.83 Å². The monoisotopic (exact) mass is 664 g/mol. The minimum atomic E-state index is 0.907. The van der Waals surface area contributed by atoms with Crippen LogP contribution in [0.5, 0.6) is 0 Å². The molecule has 242 valence electrons. The Balaban J connectivity index is 1.12. The van der Waals surface area contributed by atoms with E-state index in [1.165, 1.54) is 32.8 Å². The summed E-state index contributed by atoms with van der Waals surface area (Å²) in [5.41, 5.74) is 12.9. The highest BCUT2D eigenvalue weighted by atomic mass is 16.3. The maximum absolute atomic E-state index is 6.66. The molecule has 0 unspecified atom stereocenters. The molecule has 0 fully saturated rings. The number of furan rings is 2. The van der Waals surface area contributed by atoms with E-state index in [0.717, 1.165) is 77.2 Å². The zero-order valence-electron chi connectivity index (χ0n) is 27.9. The maximum Gasteiger partial charge on any atom is 0.145 e. The van der Waals surface area contributed by atoms with Gasteiger partial charge in [0.05, 0.1) is 27.5 Å². The summed E-state index contributed by atoms with van der Waals surface area (Å²) in [6.07, 6.45) is 0. The molecule has 0 atom stereocenters. The van der Waals surface area contributed by atoms with Crippen molar-refractivity contribution in [1.29, 1.82) is 0 Å². The lowest BCUT2D eigenvalue weighted by atomic mass is 10.0. The first-order valence-electron chi connectivity index (χ1n) is 17.7. The number of rotatable bonds is 3. The van der Waals surface area contributed by atoms with Crippen molar-refractivity contribution >= 4 is 87.5 Å². The molecule has 4 heteroatoms. The molecular weight excluding hydrogens is 637 g/mol. The minimum absolute atomic E-state index is 0.907. The predicted molar refractivity (Wildman–Crippen MR) is 215 cm³/mol. The fourth-order valence-corrected chi connectivity index (χ4v) is 8.65. The second-order valence-electron chi connectivity index (χ2n) is 13.7. The minimum Gasteiger partial charge on any atom is -0.456 e. The first-order valence-corrected chi connectivity index (χ1v) is 17.7. The third-order valence-corrected chi connectivity index (χ3v) is 10.9. The highest BCUT2D eigenvalue weighted by Crippen LogP contribution is 2.45. The van der Waals surface area contributed by atoms with Crippen LogP contribution in [0.4, 0.5) is 0 Å². The number of hydrogen-bond donors (Lipinski definition) is 0. The molecule has 12 aromatic rings. The van der Waals surface area contributed by atoms with Crippen molar-refractivity contribution in [3.63, 3.8) is 0 Å². The summed E-state index contributed by atoms with van der Waals surface area (Å²) in [4.78, 5) is 0. The summed E-state index contributed by atoms with van der Waals surface area (Å²) in [6.45, 7) is 0. The van der Waals surface area contributed by atoms with Crippen LogP contribution in [0.2, 0.25) is 0 Å². The van der Waals surface area contributed by atoms with Crippen molar-refractivity contribution in [2.45, 2.75) is 0 Å². The highest BCUT2D eigenvalue weighted by molar-refractivity contribution is 6.31. The van der Waals surface area contributed by atoms with Gasteiger partial charge in [-0.3, -0.25) is 0 Å². The third kappa shape index (κ3) is 3.70. The molecule has 0 aliphatic rings. The second-order valence-corrected chi connectivity index (χ2v) is 13.7. The SMILES string of the molecule is c1ccc(-n2c3ccc4c5ccccc5oc4c3c3ccc4c(c5ccccc5n4-c4ccc(-c5ccc6oc7ccccc7c6c5)cc4)c32)cc1. The number of aromatic nitrogens is 2. The van der Waals surface area contributed by atoms with Crippen molar-refractivity contribution < 1.29 is 8.83 Å². The topological polar surface area (TPSA) is 36.1 Å². The molecule has 4 nitrogen and oxygen atoms in total. The Morgan fingerprint density at radius 1 is 0.327 bits per heavy atom. The average Bonchev–Trinajstić information content (AvgIpc) is 3.95. The molecule has 4 aromatic heterocycles. The first-order chi connectivity index (χ1) is 25.8. The number of nitrogens with zero attached hydrogens (tertiary/aromatic N) is 2. The summed E-state index contributed by atoms with van der Waals surface area (Å²) < 4.78 is 17.6. The Labute approximate surface area is 296 Å². The molecule has 0 N–H and O–H groups in total. The molecule has 0 aliphatic carbocycles. The van der Waals surface area contributed by atoms with Gasteiger partial charge in [-0.05, 0) is 90.0 Å². The number of para-hydroxylation sites is 4. The number of fused-ring (bicyclic) bond motifs is 14. The predicted octanol–water partition coefficient (Wildman–Crippen LogP) is 13.3. The molecule has 0 spiro atoms. The van der Waals surface area contributed by atoms with E-state index in [1.807, 2.05) is 18.2 Å². The van der Waals surface area contributed by atoms with Gasteiger partial charge >= 0.3 is 0 Å². The van der Waals surface area contributed by atoms with Crippen LogP contribution in [0.15, 0.2) is 179 Å². The Morgan fingerprint density at radius 2 is 0.923 bits per heavy atom. The van der Waals surface area contributed by atoms with Gasteiger partial charge in [0.25, 0.3) is 0 Å². The largest absolute Gasteiger partial charge is 0.456 e. The van der Waals surface area contributed by atoms with Crippen molar-refractivity contribution in [1.82, 2.24) is 9.13 Å². The van der Waals surface area contributed by atoms with E-state index in [0.29, 0.717) is 0 Å². The number of hydrogen-bond acceptors (Lipinski definition) is 2. The van der Waals surface area contributed by atoms with Gasteiger partial charge in [-0.15, -0.1) is 0 Å². The Kier molecular flexibility index (Phi) is 5.47. The molecule has 52 heavy (non-hydrogen) atoms. The van der Waals surface area contributed by atoms with Crippen molar-refractivity contribution in [2.24, 2.45) is 0 Å². The van der Waals surface area contributed by atoms with Crippen LogP contribution in [0, 0.1) is 0 Å². The molecule has 0 aliphatic heterocycles. The lowest BCUT2D eigenvalue weighted by Crippen LogP contribution is -1.95. The van der Waals surface area contributed by atoms with Gasteiger partial charge in [0.1, 0.15) is 22.3 Å². The zero-order chi connectivity index (χ0) is 33.9. The lowest BCUT2D eigenvalue weighted by Gasteiger charge is -2.11. The van der Waals surface area contributed by atoms with E-state index in [1.54, 1.807) is 0 Å². The van der Waals surface area contributed by atoms with Gasteiger partial charge in [0.15, 0.2) is 0 Å². The number of benzene rings is 8. The quantitative estimate of drug-likeness (QED) is 0.188. The van der Waals surface area contributed by atoms with Crippen molar-refractivity contribution in [3.05, 3.63) is 170 Å². The van der Waals surface area contributed by atoms with Gasteiger partial charge in [0, 0.05) is 49.1 Å². The van der Waals surface area contributed by atoms with Crippen LogP contribution in [0.3, 0.4) is 0 Å². The van der Waals surface area contributed by atoms with Gasteiger partial charge < -0.3 is 18.0 Å². The van der Waals surface area contributed by atoms with E-state index >= 15 is 0 Å². The molecule has 0 radical (unpaired) electrons. The van der Waals surface area contributed by atoms with Gasteiger partial charge in [-0.25, -0.2) is 0 Å². The van der Waals surface area contributed by atoms with Gasteiger partial charge in [0.2, 0.25) is 0 Å². The summed E-state index contributed by atoms with van der Waals surface area (Å²) in [6, 6.07) is 60.6. The molecule has 0 amide bonds. The van der Waals surface area contributed by atoms with Crippen molar-refractivity contribution in [2.75, 3.05) is 0 Å². The molecular formula is C48H28N2O2. The molecule has 8 aromatic carbocycles. The maximum atomic E-state index is 6.66. The van der Waals surface area contributed by atoms with Crippen LogP contribution < -0.4 is 0 Å². The van der Waals surface area contributed by atoms with E-state index < -0.39 is 0 Å². The van der Waals surface area contributed by atoms with Crippen molar-refractivity contribution in [3.8, 4) is 22.5 Å². The molecule has 0 bridgehead atoms. The molecule has 0 saturated heterocycles. The standard InChI is InChI=1S/C48H28N2O2/c1-2-10-31(11-3-1)50-41-25-23-35-33-12-5-9-17-43(33)52-48(35)46(41)37-24-26-40-45(47(37)50)36-14-4-7-15-39(36)49(40)32-21-18-29(19-22-32)30-20-27-44-38(28-30)34-13-6-8-16-42(34)51-44/h1-28H. The lowest BCUT2D eigenvalue weighted by molar-refractivity contribution is 0.669. The van der Waals surface area contributed by atoms with E-state index in [-0.39, 0.29) is 0 Å². The molecule has 4 heterocycles. The summed E-state index contributed by atoms with van der Waals surface area (Å²) >= 11 is 0. The first kappa shape index (κ1) is 27.7. The normalized spacial score (nSPS) is 12.2. The third-order valence-electron chi connectivity index (χ3n) is 10.9. The fraction of sp³-hybridized carbons (Fsp3) is 0. The molecule has 12 rings (SSSR count). The van der Waals surface area contributed by atoms with Crippen LogP contribution >= 0.6 is 0 Å². The van der Waals surface area contributed by atoms with Crippen LogP contribution in [-0.2, 0) is 0 Å². The van der Waals surface area contributed by atoms with Gasteiger partial charge in [-0.2, -0.15) is 0 Å². The van der Waals surface area contributed by atoms with Gasteiger partial charge in [-0.1, -0.05) is 91.0 Å². The van der Waals surface area contributed by atoms with E-state index in [9.17, 15) is 0 Å². The average molecular weight is 665 g/mol. The van der Waals surface area contributed by atoms with Crippen LogP contribution in [-0.4, -0.2) is 9.13 Å². The summed E-state index contributed by atoms with van der Waals surface area (Å²) in [5.74, 6) is 0. The molecule has 0 saturated carbocycles. The summed E-state index contributed by atoms with van der Waals surface area (Å²) in [7, 11) is 0. The Morgan fingerprint density at radius 3 is 1.73 bits per heavy atom. The Hall–Kier alpha value is -7.04. The fourth-order valence-electron chi connectivity index (χ4n) is 8.65. The summed E-state index contributed by atoms with van der Waals surface area (Å²) in [5, 5.41) is 9.30. The van der Waals surface area contributed by atoms with E-state index in [2.05, 4.69) is 161 Å². The zero-order valence-corrected chi connectivity index (χ0v) is 27.9. The van der Waals surface area contributed by atoms with Crippen LogP contribution in [0.1, 0.15) is 0 Å². The highest BCUT2D eigenvalue weighted by Gasteiger charge is 2.23. The smallest absolute Gasteiger partial charge is 0.145 e. The van der Waals surface area contributed by atoms with Crippen LogP contribution in [0.25, 0.3) is 110 Å². The Bertz CT molecular complexity index is 3390.